The summed E-state index contributed by atoms with van der Waals surface area (Å²) >= 11 is 0. The number of benzene rings is 3. The molecule has 0 saturated carbocycles. The van der Waals surface area contributed by atoms with Crippen molar-refractivity contribution >= 4 is 37.1 Å². The molecule has 0 aliphatic rings. The van der Waals surface area contributed by atoms with Crippen LogP contribution >= 0.6 is 7.37 Å². The highest BCUT2D eigenvalue weighted by Gasteiger charge is 2.36. The second-order valence-corrected chi connectivity index (χ2v) is 13.8. The molecule has 244 valence electrons. The minimum absolute atomic E-state index is 0.0668. The van der Waals surface area contributed by atoms with Crippen LogP contribution in [0.3, 0.4) is 0 Å². The third-order valence-corrected chi connectivity index (χ3v) is 9.06. The molecule has 0 saturated heterocycles. The van der Waals surface area contributed by atoms with Crippen LogP contribution in [-0.4, -0.2) is 52.6 Å². The number of nitrogens with one attached hydrogen (secondary N) is 3. The normalized spacial score (nSPS) is 14.5. The summed E-state index contributed by atoms with van der Waals surface area (Å²) in [6, 6.07) is 20.5. The molecular weight excluding hydrogens is 610 g/mol. The van der Waals surface area contributed by atoms with E-state index in [0.717, 1.165) is 17.7 Å². The summed E-state index contributed by atoms with van der Waals surface area (Å²) in [6.45, 7) is 3.66. The van der Waals surface area contributed by atoms with Gasteiger partial charge in [0.2, 0.25) is 25.1 Å². The van der Waals surface area contributed by atoms with Crippen molar-refractivity contribution in [3.63, 3.8) is 0 Å². The first-order chi connectivity index (χ1) is 21.8. The van der Waals surface area contributed by atoms with Gasteiger partial charge in [0.15, 0.2) is 0 Å². The van der Waals surface area contributed by atoms with E-state index in [9.17, 15) is 33.0 Å². The molecule has 0 radical (unpaired) electrons. The van der Waals surface area contributed by atoms with Crippen LogP contribution in [0.25, 0.3) is 6.08 Å². The molecule has 12 heteroatoms. The topological polar surface area (TPSA) is 168 Å². The maximum atomic E-state index is 13.7. The summed E-state index contributed by atoms with van der Waals surface area (Å²) in [6.07, 6.45) is 2.81. The SMILES string of the molecule is CC(C)C[C@H](NC(=O)CP(=O)(O)C(Cc1ccccc1)NC(=O)c1ccc(F)cc1)C(=O)N[C@@H](CC=Cc1ccccc1)C(N)=O. The van der Waals surface area contributed by atoms with Gasteiger partial charge in [0.05, 0.1) is 0 Å². The summed E-state index contributed by atoms with van der Waals surface area (Å²) < 4.78 is 27.1. The summed E-state index contributed by atoms with van der Waals surface area (Å²) in [5.41, 5.74) is 7.14. The number of hydrogen-bond donors (Lipinski definition) is 5. The molecule has 4 amide bonds. The number of primary amides is 1. The van der Waals surface area contributed by atoms with Crippen LogP contribution in [0.4, 0.5) is 4.39 Å². The molecular formula is C34H40FN4O6P. The van der Waals surface area contributed by atoms with Gasteiger partial charge >= 0.3 is 0 Å². The van der Waals surface area contributed by atoms with Gasteiger partial charge in [0.25, 0.3) is 5.91 Å². The van der Waals surface area contributed by atoms with Crippen LogP contribution in [0.2, 0.25) is 0 Å². The lowest BCUT2D eigenvalue weighted by atomic mass is 10.0. The fourth-order valence-electron chi connectivity index (χ4n) is 4.65. The molecule has 0 bridgehead atoms. The highest BCUT2D eigenvalue weighted by Crippen LogP contribution is 2.46. The van der Waals surface area contributed by atoms with Crippen molar-refractivity contribution in [3.8, 4) is 0 Å². The zero-order valence-corrected chi connectivity index (χ0v) is 26.7. The van der Waals surface area contributed by atoms with Gasteiger partial charge < -0.3 is 26.6 Å². The molecule has 2 unspecified atom stereocenters. The number of halogens is 1. The van der Waals surface area contributed by atoms with E-state index in [2.05, 4.69) is 16.0 Å². The van der Waals surface area contributed by atoms with Crippen LogP contribution in [-0.2, 0) is 25.4 Å². The van der Waals surface area contributed by atoms with E-state index in [-0.39, 0.29) is 30.7 Å². The van der Waals surface area contributed by atoms with Crippen molar-refractivity contribution in [2.75, 3.05) is 6.16 Å². The van der Waals surface area contributed by atoms with Crippen LogP contribution in [0.15, 0.2) is 91.0 Å². The molecule has 0 aliphatic carbocycles. The van der Waals surface area contributed by atoms with Gasteiger partial charge in [0, 0.05) is 12.0 Å². The Bertz CT molecular complexity index is 1550. The number of carbonyl (C=O) groups is 4. The van der Waals surface area contributed by atoms with Gasteiger partial charge in [-0.2, -0.15) is 0 Å². The predicted molar refractivity (Wildman–Crippen MR) is 175 cm³/mol. The summed E-state index contributed by atoms with van der Waals surface area (Å²) in [4.78, 5) is 62.6. The Kier molecular flexibility index (Phi) is 13.4. The number of hydrogen-bond acceptors (Lipinski definition) is 5. The minimum atomic E-state index is -4.45. The second kappa shape index (κ2) is 17.2. The van der Waals surface area contributed by atoms with Crippen molar-refractivity contribution in [2.45, 2.75) is 51.0 Å². The third kappa shape index (κ3) is 11.7. The maximum Gasteiger partial charge on any atom is 0.251 e. The van der Waals surface area contributed by atoms with Crippen molar-refractivity contribution in [3.05, 3.63) is 114 Å². The van der Waals surface area contributed by atoms with Gasteiger partial charge in [0.1, 0.15) is 29.8 Å². The Balaban J connectivity index is 1.73. The Morgan fingerprint density at radius 1 is 0.870 bits per heavy atom. The molecule has 46 heavy (non-hydrogen) atoms. The Morgan fingerprint density at radius 2 is 1.48 bits per heavy atom. The molecule has 3 aromatic carbocycles. The van der Waals surface area contributed by atoms with Gasteiger partial charge in [-0.25, -0.2) is 4.39 Å². The molecule has 3 aromatic rings. The lowest BCUT2D eigenvalue weighted by Gasteiger charge is -2.26. The molecule has 4 atom stereocenters. The predicted octanol–water partition coefficient (Wildman–Crippen LogP) is 4.00. The van der Waals surface area contributed by atoms with Gasteiger partial charge in [-0.3, -0.25) is 23.7 Å². The second-order valence-electron chi connectivity index (χ2n) is 11.4. The summed E-state index contributed by atoms with van der Waals surface area (Å²) in [5.74, 6) is -5.02. The number of rotatable bonds is 16. The monoisotopic (exact) mass is 650 g/mol. The lowest BCUT2D eigenvalue weighted by molar-refractivity contribution is -0.131. The van der Waals surface area contributed by atoms with Gasteiger partial charge in [-0.15, -0.1) is 0 Å². The van der Waals surface area contributed by atoms with E-state index in [1.54, 1.807) is 42.5 Å². The third-order valence-electron chi connectivity index (χ3n) is 7.03. The van der Waals surface area contributed by atoms with Crippen LogP contribution in [0.1, 0.15) is 48.2 Å². The maximum absolute atomic E-state index is 13.7. The van der Waals surface area contributed by atoms with Crippen LogP contribution in [0, 0.1) is 11.7 Å². The fraction of sp³-hybridized carbons (Fsp3) is 0.294. The number of amides is 4. The zero-order valence-electron chi connectivity index (χ0n) is 25.8. The Hall–Kier alpha value is -4.60. The first-order valence-electron chi connectivity index (χ1n) is 14.9. The standard InChI is InChI=1S/C34H40FN4O6P/c1-23(2)20-29(34(43)38-28(32(36)41)15-9-14-24-10-5-3-6-11-24)37-30(40)22-46(44,45)31(21-25-12-7-4-8-13-25)39-33(42)26-16-18-27(35)19-17-26/h3-14,16-19,23,28-29,31H,15,20-22H2,1-2H3,(H2,36,41)(H,37,40)(H,38,43)(H,39,42)(H,44,45)/t28-,29-,31?/m0/s1. The van der Waals surface area contributed by atoms with E-state index >= 15 is 0 Å². The van der Waals surface area contributed by atoms with Crippen LogP contribution in [0.5, 0.6) is 0 Å². The molecule has 6 N–H and O–H groups in total. The molecule has 0 aromatic heterocycles. The zero-order chi connectivity index (χ0) is 33.7. The average Bonchev–Trinajstić information content (AvgIpc) is 3.00. The summed E-state index contributed by atoms with van der Waals surface area (Å²) in [5, 5.41) is 7.65. The van der Waals surface area contributed by atoms with Crippen molar-refractivity contribution in [1.82, 2.24) is 16.0 Å². The minimum Gasteiger partial charge on any atom is -0.368 e. The first kappa shape index (κ1) is 35.9. The van der Waals surface area contributed by atoms with Crippen LogP contribution < -0.4 is 21.7 Å². The highest BCUT2D eigenvalue weighted by molar-refractivity contribution is 7.59. The molecule has 0 heterocycles. The molecule has 0 spiro atoms. The summed E-state index contributed by atoms with van der Waals surface area (Å²) in [7, 11) is -4.45. The lowest BCUT2D eigenvalue weighted by Crippen LogP contribution is -2.53. The van der Waals surface area contributed by atoms with Gasteiger partial charge in [-0.1, -0.05) is 86.7 Å². The van der Waals surface area contributed by atoms with E-state index in [0.29, 0.717) is 5.56 Å². The van der Waals surface area contributed by atoms with E-state index in [4.69, 9.17) is 5.73 Å². The molecule has 0 aliphatic heterocycles. The van der Waals surface area contributed by atoms with Crippen molar-refractivity contribution in [1.29, 1.82) is 0 Å². The quantitative estimate of drug-likeness (QED) is 0.147. The molecule has 10 nitrogen and oxygen atoms in total. The highest BCUT2D eigenvalue weighted by atomic mass is 31.2. The van der Waals surface area contributed by atoms with Gasteiger partial charge in [-0.05, 0) is 54.2 Å². The number of nitrogens with two attached hydrogens (primary N) is 1. The fourth-order valence-corrected chi connectivity index (χ4v) is 6.19. The Labute approximate surface area is 268 Å². The Morgan fingerprint density at radius 3 is 2.07 bits per heavy atom. The smallest absolute Gasteiger partial charge is 0.251 e. The van der Waals surface area contributed by atoms with Crippen molar-refractivity contribution < 1.29 is 33.0 Å². The first-order valence-corrected chi connectivity index (χ1v) is 16.8. The average molecular weight is 651 g/mol. The van der Waals surface area contributed by atoms with E-state index < -0.39 is 60.8 Å². The van der Waals surface area contributed by atoms with E-state index in [1.807, 2.05) is 44.2 Å². The molecule has 0 fully saturated rings. The van der Waals surface area contributed by atoms with E-state index in [1.165, 1.54) is 12.1 Å². The molecule has 3 rings (SSSR count). The number of carbonyl (C=O) groups excluding carboxylic acids is 4. The van der Waals surface area contributed by atoms with Crippen molar-refractivity contribution in [2.24, 2.45) is 11.7 Å². The largest absolute Gasteiger partial charge is 0.368 e.